The Bertz CT molecular complexity index is 955. The number of halogens is 4. The van der Waals surface area contributed by atoms with Gasteiger partial charge in [-0.1, -0.05) is 17.7 Å². The number of ether oxygens (including phenoxy) is 1. The van der Waals surface area contributed by atoms with Crippen molar-refractivity contribution in [3.05, 3.63) is 59.0 Å². The number of aromatic amines is 1. The molecule has 0 aliphatic heterocycles. The first-order valence-corrected chi connectivity index (χ1v) is 8.34. The smallest absolute Gasteiger partial charge is 0.422 e. The molecule has 142 valence electrons. The van der Waals surface area contributed by atoms with E-state index in [4.69, 9.17) is 11.6 Å². The molecule has 9 heteroatoms. The van der Waals surface area contributed by atoms with Gasteiger partial charge in [-0.05, 0) is 37.3 Å². The van der Waals surface area contributed by atoms with Crippen LogP contribution in [0.2, 0.25) is 5.02 Å². The third-order valence-corrected chi connectivity index (χ3v) is 4.02. The van der Waals surface area contributed by atoms with Crippen LogP contribution >= 0.6 is 11.6 Å². The second kappa shape index (κ2) is 7.48. The molecule has 1 aromatic carbocycles. The van der Waals surface area contributed by atoms with E-state index in [1.54, 1.807) is 31.2 Å². The maximum Gasteiger partial charge on any atom is 0.422 e. The first-order chi connectivity index (χ1) is 12.7. The fraction of sp³-hybridized carbons (Fsp3) is 0.222. The first kappa shape index (κ1) is 19.0. The highest BCUT2D eigenvalue weighted by Crippen LogP contribution is 2.21. The number of H-pyrrole nitrogens is 1. The number of nitrogens with one attached hydrogen (secondary N) is 2. The lowest BCUT2D eigenvalue weighted by Gasteiger charge is -2.14. The summed E-state index contributed by atoms with van der Waals surface area (Å²) in [4.78, 5) is 19.4. The molecule has 0 aliphatic rings. The number of alkyl halides is 3. The molecule has 1 atom stereocenters. The Morgan fingerprint density at radius 1 is 1.30 bits per heavy atom. The highest BCUT2D eigenvalue weighted by molar-refractivity contribution is 6.31. The van der Waals surface area contributed by atoms with Gasteiger partial charge < -0.3 is 15.0 Å². The second-order valence-electron chi connectivity index (χ2n) is 5.93. The fourth-order valence-electron chi connectivity index (χ4n) is 2.47. The molecule has 0 saturated heterocycles. The van der Waals surface area contributed by atoms with Crippen LogP contribution in [0, 0.1) is 0 Å². The van der Waals surface area contributed by atoms with E-state index < -0.39 is 18.8 Å². The van der Waals surface area contributed by atoms with Gasteiger partial charge >= 0.3 is 6.18 Å². The predicted octanol–water partition coefficient (Wildman–Crippen LogP) is 4.65. The number of fused-ring (bicyclic) bond motifs is 1. The largest absolute Gasteiger partial charge is 0.483 e. The molecule has 3 aromatic rings. The van der Waals surface area contributed by atoms with Crippen molar-refractivity contribution in [3.8, 4) is 5.75 Å². The van der Waals surface area contributed by atoms with Crippen molar-refractivity contribution in [1.29, 1.82) is 0 Å². The van der Waals surface area contributed by atoms with Crippen molar-refractivity contribution in [2.24, 2.45) is 0 Å². The van der Waals surface area contributed by atoms with Crippen LogP contribution in [0.3, 0.4) is 0 Å². The summed E-state index contributed by atoms with van der Waals surface area (Å²) in [6, 6.07) is 9.38. The van der Waals surface area contributed by atoms with Gasteiger partial charge in [0.05, 0.1) is 17.9 Å². The van der Waals surface area contributed by atoms with Crippen LogP contribution in [0.25, 0.3) is 10.9 Å². The number of rotatable bonds is 5. The average molecular weight is 398 g/mol. The van der Waals surface area contributed by atoms with Crippen molar-refractivity contribution >= 4 is 28.4 Å². The van der Waals surface area contributed by atoms with E-state index >= 15 is 0 Å². The highest BCUT2D eigenvalue weighted by atomic mass is 35.5. The zero-order chi connectivity index (χ0) is 19.6. The Balaban J connectivity index is 1.65. The monoisotopic (exact) mass is 397 g/mol. The molecular weight excluding hydrogens is 383 g/mol. The second-order valence-corrected chi connectivity index (χ2v) is 6.37. The summed E-state index contributed by atoms with van der Waals surface area (Å²) in [6.45, 7) is 0.334. The molecule has 27 heavy (non-hydrogen) atoms. The van der Waals surface area contributed by atoms with E-state index in [-0.39, 0.29) is 11.7 Å². The van der Waals surface area contributed by atoms with E-state index in [1.165, 1.54) is 18.3 Å². The molecule has 0 unspecified atom stereocenters. The van der Waals surface area contributed by atoms with E-state index in [1.807, 2.05) is 0 Å². The van der Waals surface area contributed by atoms with Crippen LogP contribution in [-0.4, -0.2) is 28.7 Å². The quantitative estimate of drug-likeness (QED) is 0.658. The van der Waals surface area contributed by atoms with Gasteiger partial charge in [-0.15, -0.1) is 0 Å². The summed E-state index contributed by atoms with van der Waals surface area (Å²) in [6.07, 6.45) is -3.22. The molecule has 2 aromatic heterocycles. The molecule has 0 fully saturated rings. The minimum atomic E-state index is -4.41. The molecule has 0 aliphatic carbocycles. The molecule has 0 spiro atoms. The SMILES string of the molecule is C[C@@H](NC(=O)c1cc2ccc(Cl)cc2[nH]1)c1ccc(OCC(F)(F)F)cn1. The average Bonchev–Trinajstić information content (AvgIpc) is 3.03. The normalized spacial score (nSPS) is 12.8. The van der Waals surface area contributed by atoms with E-state index in [0.29, 0.717) is 16.4 Å². The first-order valence-electron chi connectivity index (χ1n) is 7.96. The maximum absolute atomic E-state index is 12.4. The molecule has 0 saturated carbocycles. The third kappa shape index (κ3) is 4.91. The number of pyridine rings is 1. The van der Waals surface area contributed by atoms with Gasteiger partial charge in [0.15, 0.2) is 6.61 Å². The van der Waals surface area contributed by atoms with E-state index in [0.717, 1.165) is 10.9 Å². The summed E-state index contributed by atoms with van der Waals surface area (Å²) in [5, 5.41) is 4.18. The van der Waals surface area contributed by atoms with Crippen molar-refractivity contribution < 1.29 is 22.7 Å². The number of amides is 1. The third-order valence-electron chi connectivity index (χ3n) is 3.78. The Labute approximate surface area is 157 Å². The predicted molar refractivity (Wildman–Crippen MR) is 95.0 cm³/mol. The molecule has 3 rings (SSSR count). The number of nitrogens with zero attached hydrogens (tertiary/aromatic N) is 1. The summed E-state index contributed by atoms with van der Waals surface area (Å²) in [5.41, 5.74) is 1.59. The maximum atomic E-state index is 12.4. The number of hydrogen-bond acceptors (Lipinski definition) is 3. The van der Waals surface area contributed by atoms with E-state index in [2.05, 4.69) is 20.0 Å². The lowest BCUT2D eigenvalue weighted by atomic mass is 10.2. The number of hydrogen-bond donors (Lipinski definition) is 2. The molecule has 0 radical (unpaired) electrons. The number of aromatic nitrogens is 2. The molecular formula is C18H15ClF3N3O2. The molecule has 1 amide bonds. The number of benzene rings is 1. The summed E-state index contributed by atoms with van der Waals surface area (Å²) in [7, 11) is 0. The van der Waals surface area contributed by atoms with Crippen LogP contribution in [0.5, 0.6) is 5.75 Å². The van der Waals surface area contributed by atoms with Gasteiger partial charge in [-0.25, -0.2) is 0 Å². The van der Waals surface area contributed by atoms with Gasteiger partial charge in [0.2, 0.25) is 0 Å². The molecule has 5 nitrogen and oxygen atoms in total. The summed E-state index contributed by atoms with van der Waals surface area (Å²) < 4.78 is 41.1. The highest BCUT2D eigenvalue weighted by Gasteiger charge is 2.28. The summed E-state index contributed by atoms with van der Waals surface area (Å²) in [5.74, 6) is -0.337. The van der Waals surface area contributed by atoms with Crippen molar-refractivity contribution in [1.82, 2.24) is 15.3 Å². The van der Waals surface area contributed by atoms with Crippen LogP contribution < -0.4 is 10.1 Å². The Hall–Kier alpha value is -2.74. The minimum absolute atomic E-state index is 0.00194. The summed E-state index contributed by atoms with van der Waals surface area (Å²) >= 11 is 5.93. The zero-order valence-corrected chi connectivity index (χ0v) is 14.9. The number of carbonyl (C=O) groups is 1. The Morgan fingerprint density at radius 3 is 2.74 bits per heavy atom. The van der Waals surface area contributed by atoms with Crippen LogP contribution in [0.4, 0.5) is 13.2 Å². The van der Waals surface area contributed by atoms with Crippen molar-refractivity contribution in [3.63, 3.8) is 0 Å². The lowest BCUT2D eigenvalue weighted by molar-refractivity contribution is -0.153. The zero-order valence-electron chi connectivity index (χ0n) is 14.1. The van der Waals surface area contributed by atoms with Crippen LogP contribution in [0.15, 0.2) is 42.6 Å². The Morgan fingerprint density at radius 2 is 2.07 bits per heavy atom. The molecule has 2 N–H and O–H groups in total. The van der Waals surface area contributed by atoms with Gasteiger partial charge in [0, 0.05) is 15.9 Å². The van der Waals surface area contributed by atoms with Crippen LogP contribution in [-0.2, 0) is 0 Å². The Kier molecular flexibility index (Phi) is 5.27. The number of carbonyl (C=O) groups excluding carboxylic acids is 1. The van der Waals surface area contributed by atoms with Crippen molar-refractivity contribution in [2.75, 3.05) is 6.61 Å². The molecule has 0 bridgehead atoms. The topological polar surface area (TPSA) is 67.0 Å². The minimum Gasteiger partial charge on any atom is -0.483 e. The molecule has 2 heterocycles. The van der Waals surface area contributed by atoms with Crippen molar-refractivity contribution in [2.45, 2.75) is 19.1 Å². The van der Waals surface area contributed by atoms with Gasteiger partial charge in [-0.3, -0.25) is 9.78 Å². The lowest BCUT2D eigenvalue weighted by Crippen LogP contribution is -2.27. The standard InChI is InChI=1S/C18H15ClF3N3O2/c1-10(14-5-4-13(8-23-14)27-9-18(20,21)22)24-17(26)16-6-11-2-3-12(19)7-15(11)25-16/h2-8,10,25H,9H2,1H3,(H,24,26)/t10-/m1/s1. The van der Waals surface area contributed by atoms with E-state index in [9.17, 15) is 18.0 Å². The van der Waals surface area contributed by atoms with Gasteiger partial charge in [-0.2, -0.15) is 13.2 Å². The van der Waals surface area contributed by atoms with Gasteiger partial charge in [0.1, 0.15) is 11.4 Å². The van der Waals surface area contributed by atoms with Crippen LogP contribution in [0.1, 0.15) is 29.1 Å². The fourth-order valence-corrected chi connectivity index (χ4v) is 2.64. The van der Waals surface area contributed by atoms with Gasteiger partial charge in [0.25, 0.3) is 5.91 Å².